The fourth-order valence-electron chi connectivity index (χ4n) is 1.75. The summed E-state index contributed by atoms with van der Waals surface area (Å²) < 4.78 is 0.933. The number of carbonyl (C=O) groups is 1. The van der Waals surface area contributed by atoms with Gasteiger partial charge < -0.3 is 5.32 Å². The second-order valence-corrected chi connectivity index (χ2v) is 8.75. The highest BCUT2D eigenvalue weighted by Crippen LogP contribution is 2.22. The first kappa shape index (κ1) is 18.2. The van der Waals surface area contributed by atoms with E-state index in [2.05, 4.69) is 25.5 Å². The van der Waals surface area contributed by atoms with Crippen LogP contribution in [0.2, 0.25) is 0 Å². The molecule has 0 spiro atoms. The minimum atomic E-state index is -0.232. The van der Waals surface area contributed by atoms with Crippen LogP contribution in [0.4, 0.5) is 0 Å². The molecule has 6 nitrogen and oxygen atoms in total. The predicted octanol–water partition coefficient (Wildman–Crippen LogP) is 2.64. The summed E-state index contributed by atoms with van der Waals surface area (Å²) >= 11 is 4.54. The van der Waals surface area contributed by atoms with Gasteiger partial charge in [-0.2, -0.15) is 0 Å². The monoisotopic (exact) mass is 369 g/mol. The summed E-state index contributed by atoms with van der Waals surface area (Å²) in [5.41, 5.74) is 1.83. The van der Waals surface area contributed by atoms with Crippen LogP contribution in [0, 0.1) is 20.8 Å². The molecule has 9 heteroatoms. The van der Waals surface area contributed by atoms with E-state index in [4.69, 9.17) is 0 Å². The Balaban J connectivity index is 1.74. The second kappa shape index (κ2) is 8.60. The highest BCUT2D eigenvalue weighted by molar-refractivity contribution is 8.01. The van der Waals surface area contributed by atoms with Gasteiger partial charge in [0.15, 0.2) is 9.50 Å². The Morgan fingerprint density at radius 2 is 1.96 bits per heavy atom. The highest BCUT2D eigenvalue weighted by Gasteiger charge is 2.16. The Hall–Kier alpha value is -1.19. The van der Waals surface area contributed by atoms with Crippen molar-refractivity contribution < 1.29 is 4.79 Å². The number of hydrogen-bond acceptors (Lipinski definition) is 8. The van der Waals surface area contributed by atoms with Gasteiger partial charge >= 0.3 is 0 Å². The lowest BCUT2D eigenvalue weighted by Crippen LogP contribution is -2.32. The maximum atomic E-state index is 12.1. The van der Waals surface area contributed by atoms with Crippen molar-refractivity contribution in [3.8, 4) is 0 Å². The molecule has 0 aromatic carbocycles. The van der Waals surface area contributed by atoms with Gasteiger partial charge in [0, 0.05) is 23.7 Å². The molecular formula is C14H19N5OS3. The van der Waals surface area contributed by atoms with E-state index in [0.29, 0.717) is 11.7 Å². The molecule has 2 aromatic heterocycles. The molecule has 23 heavy (non-hydrogen) atoms. The van der Waals surface area contributed by atoms with E-state index >= 15 is 0 Å². The van der Waals surface area contributed by atoms with Crippen molar-refractivity contribution in [2.24, 2.45) is 0 Å². The summed E-state index contributed by atoms with van der Waals surface area (Å²) in [7, 11) is 0. The summed E-state index contributed by atoms with van der Waals surface area (Å²) in [5, 5.41) is 12.3. The number of nitrogens with zero attached hydrogens (tertiary/aromatic N) is 4. The maximum absolute atomic E-state index is 12.1. The second-order valence-electron chi connectivity index (χ2n) is 4.92. The van der Waals surface area contributed by atoms with Crippen molar-refractivity contribution in [3.63, 3.8) is 0 Å². The third-order valence-corrected chi connectivity index (χ3v) is 5.68. The average molecular weight is 370 g/mol. The van der Waals surface area contributed by atoms with E-state index in [1.165, 1.54) is 11.8 Å². The fraction of sp³-hybridized carbons (Fsp3) is 0.500. The van der Waals surface area contributed by atoms with Crippen LogP contribution in [0.1, 0.15) is 23.3 Å². The third kappa shape index (κ3) is 6.08. The topological polar surface area (TPSA) is 80.7 Å². The lowest BCUT2D eigenvalue weighted by Gasteiger charge is -2.11. The Bertz CT molecular complexity index is 656. The summed E-state index contributed by atoms with van der Waals surface area (Å²) in [4.78, 5) is 20.8. The first-order chi connectivity index (χ1) is 10.9. The van der Waals surface area contributed by atoms with Gasteiger partial charge in [-0.3, -0.25) is 4.79 Å². The number of hydrogen-bond donors (Lipinski definition) is 1. The minimum absolute atomic E-state index is 0.00759. The molecule has 0 bridgehead atoms. The van der Waals surface area contributed by atoms with Gasteiger partial charge in [-0.05, 0) is 33.8 Å². The van der Waals surface area contributed by atoms with Gasteiger partial charge in [-0.15, -0.1) is 10.2 Å². The Kier molecular flexibility index (Phi) is 6.79. The van der Waals surface area contributed by atoms with E-state index < -0.39 is 0 Å². The number of nitrogens with one attached hydrogen (secondary N) is 1. The predicted molar refractivity (Wildman–Crippen MR) is 95.2 cm³/mol. The molecule has 0 unspecified atom stereocenters. The molecule has 0 fully saturated rings. The third-order valence-electron chi connectivity index (χ3n) is 2.75. The lowest BCUT2D eigenvalue weighted by molar-refractivity contribution is -0.120. The van der Waals surface area contributed by atoms with Crippen LogP contribution in [0.3, 0.4) is 0 Å². The van der Waals surface area contributed by atoms with Crippen LogP contribution < -0.4 is 5.32 Å². The van der Waals surface area contributed by atoms with Gasteiger partial charge in [0.05, 0.1) is 5.25 Å². The number of aryl methyl sites for hydroxylation is 3. The molecular weight excluding hydrogens is 350 g/mol. The van der Waals surface area contributed by atoms with E-state index in [9.17, 15) is 4.79 Å². The molecule has 0 saturated heterocycles. The van der Waals surface area contributed by atoms with Crippen LogP contribution in [-0.2, 0) is 4.79 Å². The van der Waals surface area contributed by atoms with Crippen molar-refractivity contribution in [2.75, 3.05) is 12.3 Å². The van der Waals surface area contributed by atoms with Crippen molar-refractivity contribution in [1.82, 2.24) is 25.5 Å². The first-order valence-electron chi connectivity index (χ1n) is 7.13. The van der Waals surface area contributed by atoms with Crippen molar-refractivity contribution in [3.05, 3.63) is 22.5 Å². The van der Waals surface area contributed by atoms with Crippen LogP contribution in [0.25, 0.3) is 0 Å². The zero-order chi connectivity index (χ0) is 16.8. The molecule has 0 radical (unpaired) electrons. The SMILES string of the molecule is Cc1cc(C)nc(S[C@H](C)C(=O)NCCSc2nnc(C)s2)n1. The van der Waals surface area contributed by atoms with Crippen LogP contribution in [0.15, 0.2) is 15.6 Å². The Morgan fingerprint density at radius 1 is 1.26 bits per heavy atom. The van der Waals surface area contributed by atoms with E-state index in [0.717, 1.165) is 26.5 Å². The number of amides is 1. The molecule has 1 N–H and O–H groups in total. The molecule has 0 aliphatic carbocycles. The van der Waals surface area contributed by atoms with Gasteiger partial charge in [0.1, 0.15) is 5.01 Å². The molecule has 0 saturated carbocycles. The minimum Gasteiger partial charge on any atom is -0.354 e. The molecule has 2 rings (SSSR count). The summed E-state index contributed by atoms with van der Waals surface area (Å²) in [6, 6.07) is 1.92. The van der Waals surface area contributed by atoms with Crippen LogP contribution in [-0.4, -0.2) is 43.6 Å². The molecule has 1 atom stereocenters. The van der Waals surface area contributed by atoms with E-state index in [1.807, 2.05) is 33.8 Å². The lowest BCUT2D eigenvalue weighted by atomic mass is 10.4. The zero-order valence-electron chi connectivity index (χ0n) is 13.5. The van der Waals surface area contributed by atoms with Gasteiger partial charge in [0.2, 0.25) is 5.91 Å². The van der Waals surface area contributed by atoms with E-state index in [-0.39, 0.29) is 11.2 Å². The van der Waals surface area contributed by atoms with Gasteiger partial charge in [-0.1, -0.05) is 34.9 Å². The fourth-order valence-corrected chi connectivity index (χ4v) is 4.39. The summed E-state index contributed by atoms with van der Waals surface area (Å²) in [6.07, 6.45) is 0. The summed E-state index contributed by atoms with van der Waals surface area (Å²) in [6.45, 7) is 8.24. The quantitative estimate of drug-likeness (QED) is 0.456. The largest absolute Gasteiger partial charge is 0.354 e. The molecule has 124 valence electrons. The molecule has 0 aliphatic heterocycles. The standard InChI is InChI=1S/C14H19N5OS3/c1-8-7-9(2)17-13(16-8)22-10(3)12(20)15-5-6-21-14-19-18-11(4)23-14/h7,10H,5-6H2,1-4H3,(H,15,20)/t10-/m1/s1. The highest BCUT2D eigenvalue weighted by atomic mass is 32.2. The van der Waals surface area contributed by atoms with Crippen LogP contribution in [0.5, 0.6) is 0 Å². The molecule has 1 amide bonds. The first-order valence-corrected chi connectivity index (χ1v) is 9.82. The number of rotatable bonds is 7. The number of carbonyl (C=O) groups excluding carboxylic acids is 1. The summed E-state index contributed by atoms with van der Waals surface area (Å²) in [5.74, 6) is 0.768. The van der Waals surface area contributed by atoms with E-state index in [1.54, 1.807) is 23.1 Å². The maximum Gasteiger partial charge on any atom is 0.233 e. The van der Waals surface area contributed by atoms with Crippen molar-refractivity contribution in [1.29, 1.82) is 0 Å². The normalized spacial score (nSPS) is 12.2. The Morgan fingerprint density at radius 3 is 2.57 bits per heavy atom. The Labute approximate surface area is 148 Å². The van der Waals surface area contributed by atoms with Crippen molar-refractivity contribution >= 4 is 40.8 Å². The number of thioether (sulfide) groups is 2. The van der Waals surface area contributed by atoms with Crippen LogP contribution >= 0.6 is 34.9 Å². The molecule has 2 heterocycles. The van der Waals surface area contributed by atoms with Crippen molar-refractivity contribution in [2.45, 2.75) is 42.4 Å². The molecule has 0 aliphatic rings. The van der Waals surface area contributed by atoms with Gasteiger partial charge in [0.25, 0.3) is 0 Å². The van der Waals surface area contributed by atoms with Gasteiger partial charge in [-0.25, -0.2) is 9.97 Å². The number of aromatic nitrogens is 4. The zero-order valence-corrected chi connectivity index (χ0v) is 15.9. The average Bonchev–Trinajstić information content (AvgIpc) is 2.87. The molecule has 2 aromatic rings. The smallest absolute Gasteiger partial charge is 0.233 e.